The highest BCUT2D eigenvalue weighted by molar-refractivity contribution is 6.03. The predicted molar refractivity (Wildman–Crippen MR) is 49.8 cm³/mol. The molecule has 0 aliphatic carbocycles. The summed E-state index contributed by atoms with van der Waals surface area (Å²) >= 11 is 0. The molecule has 1 aliphatic rings. The van der Waals surface area contributed by atoms with E-state index < -0.39 is 0 Å². The molecule has 0 radical (unpaired) electrons. The monoisotopic (exact) mass is 179 g/mol. The van der Waals surface area contributed by atoms with Crippen molar-refractivity contribution in [2.24, 2.45) is 5.92 Å². The van der Waals surface area contributed by atoms with Crippen LogP contribution in [0.15, 0.2) is 25.3 Å². The fourth-order valence-electron chi connectivity index (χ4n) is 1.46. The minimum Gasteiger partial charge on any atom is -0.278 e. The average Bonchev–Trinajstić information content (AvgIpc) is 2.34. The number of nitrogens with zero attached hydrogens (tertiary/aromatic N) is 1. The maximum absolute atomic E-state index is 11.5. The van der Waals surface area contributed by atoms with Gasteiger partial charge < -0.3 is 0 Å². The SMILES string of the molecule is C=CCC1CC(=O)N(CC=C)C1=O. The van der Waals surface area contributed by atoms with Crippen molar-refractivity contribution in [1.82, 2.24) is 4.90 Å². The lowest BCUT2D eigenvalue weighted by molar-refractivity contribution is -0.138. The van der Waals surface area contributed by atoms with Crippen LogP contribution >= 0.6 is 0 Å². The molecule has 1 saturated heterocycles. The summed E-state index contributed by atoms with van der Waals surface area (Å²) in [5.74, 6) is -0.383. The quantitative estimate of drug-likeness (QED) is 0.479. The highest BCUT2D eigenvalue weighted by Crippen LogP contribution is 2.22. The van der Waals surface area contributed by atoms with E-state index in [0.717, 1.165) is 0 Å². The molecule has 0 aromatic heterocycles. The Labute approximate surface area is 77.7 Å². The largest absolute Gasteiger partial charge is 0.278 e. The van der Waals surface area contributed by atoms with Crippen molar-refractivity contribution < 1.29 is 9.59 Å². The lowest BCUT2D eigenvalue weighted by Crippen LogP contribution is -2.30. The Morgan fingerprint density at radius 2 is 2.08 bits per heavy atom. The van der Waals surface area contributed by atoms with E-state index in [0.29, 0.717) is 19.4 Å². The molecule has 2 amide bonds. The number of imide groups is 1. The van der Waals surface area contributed by atoms with Crippen molar-refractivity contribution in [3.63, 3.8) is 0 Å². The molecule has 3 nitrogen and oxygen atoms in total. The molecule has 1 atom stereocenters. The second-order valence-electron chi connectivity index (χ2n) is 3.06. The van der Waals surface area contributed by atoms with Gasteiger partial charge in [0.05, 0.1) is 5.92 Å². The van der Waals surface area contributed by atoms with Crippen LogP contribution in [0.5, 0.6) is 0 Å². The van der Waals surface area contributed by atoms with Crippen LogP contribution in [0.3, 0.4) is 0 Å². The number of amides is 2. The Balaban J connectivity index is 2.68. The number of hydrogen-bond donors (Lipinski definition) is 0. The second-order valence-corrected chi connectivity index (χ2v) is 3.06. The summed E-state index contributed by atoms with van der Waals surface area (Å²) in [6.45, 7) is 7.37. The third-order valence-corrected chi connectivity index (χ3v) is 2.10. The molecule has 0 bridgehead atoms. The van der Waals surface area contributed by atoms with Crippen LogP contribution in [0.1, 0.15) is 12.8 Å². The predicted octanol–water partition coefficient (Wildman–Crippen LogP) is 1.12. The lowest BCUT2D eigenvalue weighted by Gasteiger charge is -2.11. The number of carbonyl (C=O) groups is 2. The Hall–Kier alpha value is -1.38. The van der Waals surface area contributed by atoms with Gasteiger partial charge in [0, 0.05) is 13.0 Å². The van der Waals surface area contributed by atoms with Crippen molar-refractivity contribution in [1.29, 1.82) is 0 Å². The van der Waals surface area contributed by atoms with Gasteiger partial charge in [-0.2, -0.15) is 0 Å². The van der Waals surface area contributed by atoms with Crippen molar-refractivity contribution in [2.45, 2.75) is 12.8 Å². The van der Waals surface area contributed by atoms with Crippen LogP contribution < -0.4 is 0 Å². The van der Waals surface area contributed by atoms with Crippen LogP contribution in [-0.4, -0.2) is 23.3 Å². The van der Waals surface area contributed by atoms with Crippen molar-refractivity contribution in [2.75, 3.05) is 6.54 Å². The maximum atomic E-state index is 11.5. The standard InChI is InChI=1S/C10H13NO2/c1-3-5-8-7-9(12)11(6-4-2)10(8)13/h3-4,8H,1-2,5-7H2. The van der Waals surface area contributed by atoms with Gasteiger partial charge in [0.2, 0.25) is 11.8 Å². The summed E-state index contributed by atoms with van der Waals surface area (Å²) in [6, 6.07) is 0. The molecular formula is C10H13NO2. The van der Waals surface area contributed by atoms with Gasteiger partial charge in [-0.3, -0.25) is 14.5 Å². The van der Waals surface area contributed by atoms with Gasteiger partial charge in [-0.25, -0.2) is 0 Å². The van der Waals surface area contributed by atoms with Gasteiger partial charge in [0.1, 0.15) is 0 Å². The number of hydrogen-bond acceptors (Lipinski definition) is 2. The summed E-state index contributed by atoms with van der Waals surface area (Å²) in [4.78, 5) is 24.0. The number of rotatable bonds is 4. The molecule has 1 unspecified atom stereocenters. The molecular weight excluding hydrogens is 166 g/mol. The molecule has 0 aromatic carbocycles. The van der Waals surface area contributed by atoms with Crippen LogP contribution in [0.4, 0.5) is 0 Å². The van der Waals surface area contributed by atoms with Crippen LogP contribution in [0, 0.1) is 5.92 Å². The third-order valence-electron chi connectivity index (χ3n) is 2.10. The molecule has 1 aliphatic heterocycles. The first-order valence-corrected chi connectivity index (χ1v) is 4.26. The minimum absolute atomic E-state index is 0.0928. The smallest absolute Gasteiger partial charge is 0.233 e. The highest BCUT2D eigenvalue weighted by atomic mass is 16.2. The fourth-order valence-corrected chi connectivity index (χ4v) is 1.46. The van der Waals surface area contributed by atoms with E-state index >= 15 is 0 Å². The molecule has 1 fully saturated rings. The molecule has 0 saturated carbocycles. The minimum atomic E-state index is -0.190. The zero-order valence-electron chi connectivity index (χ0n) is 7.53. The van der Waals surface area contributed by atoms with E-state index in [1.165, 1.54) is 4.90 Å². The van der Waals surface area contributed by atoms with E-state index in [9.17, 15) is 9.59 Å². The topological polar surface area (TPSA) is 37.4 Å². The summed E-state index contributed by atoms with van der Waals surface area (Å²) in [5.41, 5.74) is 0. The van der Waals surface area contributed by atoms with E-state index in [-0.39, 0.29) is 17.7 Å². The maximum Gasteiger partial charge on any atom is 0.233 e. The summed E-state index contributed by atoms with van der Waals surface area (Å²) in [6.07, 6.45) is 4.14. The Bertz CT molecular complexity index is 258. The molecule has 70 valence electrons. The summed E-state index contributed by atoms with van der Waals surface area (Å²) in [7, 11) is 0. The second kappa shape index (κ2) is 4.03. The first-order chi connectivity index (χ1) is 6.20. The van der Waals surface area contributed by atoms with Crippen LogP contribution in [0.25, 0.3) is 0 Å². The van der Waals surface area contributed by atoms with E-state index in [1.807, 2.05) is 0 Å². The normalized spacial score (nSPS) is 22.2. The van der Waals surface area contributed by atoms with Gasteiger partial charge in [-0.05, 0) is 6.42 Å². The molecule has 13 heavy (non-hydrogen) atoms. The van der Waals surface area contributed by atoms with Crippen molar-refractivity contribution >= 4 is 11.8 Å². The Morgan fingerprint density at radius 3 is 2.62 bits per heavy atom. The molecule has 0 N–H and O–H groups in total. The van der Waals surface area contributed by atoms with Gasteiger partial charge in [-0.1, -0.05) is 12.2 Å². The van der Waals surface area contributed by atoms with Crippen molar-refractivity contribution in [3.8, 4) is 0 Å². The van der Waals surface area contributed by atoms with Gasteiger partial charge in [0.25, 0.3) is 0 Å². The van der Waals surface area contributed by atoms with Gasteiger partial charge in [-0.15, -0.1) is 13.2 Å². The summed E-state index contributed by atoms with van der Waals surface area (Å²) < 4.78 is 0. The lowest BCUT2D eigenvalue weighted by atomic mass is 10.0. The highest BCUT2D eigenvalue weighted by Gasteiger charge is 2.36. The number of likely N-dealkylation sites (tertiary alicyclic amines) is 1. The van der Waals surface area contributed by atoms with Crippen LogP contribution in [-0.2, 0) is 9.59 Å². The van der Waals surface area contributed by atoms with Gasteiger partial charge in [0.15, 0.2) is 0 Å². The van der Waals surface area contributed by atoms with Crippen molar-refractivity contribution in [3.05, 3.63) is 25.3 Å². The number of allylic oxidation sites excluding steroid dienone is 1. The van der Waals surface area contributed by atoms with Gasteiger partial charge >= 0.3 is 0 Å². The van der Waals surface area contributed by atoms with E-state index in [4.69, 9.17) is 0 Å². The Kier molecular flexibility index (Phi) is 3.01. The third kappa shape index (κ3) is 1.86. The molecule has 1 heterocycles. The Morgan fingerprint density at radius 1 is 1.38 bits per heavy atom. The fraction of sp³-hybridized carbons (Fsp3) is 0.400. The zero-order chi connectivity index (χ0) is 9.84. The first-order valence-electron chi connectivity index (χ1n) is 4.26. The first kappa shape index (κ1) is 9.71. The van der Waals surface area contributed by atoms with E-state index in [2.05, 4.69) is 13.2 Å². The van der Waals surface area contributed by atoms with E-state index in [1.54, 1.807) is 12.2 Å². The molecule has 1 rings (SSSR count). The van der Waals surface area contributed by atoms with Crippen LogP contribution in [0.2, 0.25) is 0 Å². The molecule has 3 heteroatoms. The molecule has 0 aromatic rings. The zero-order valence-corrected chi connectivity index (χ0v) is 7.53. The number of carbonyl (C=O) groups excluding carboxylic acids is 2. The average molecular weight is 179 g/mol. The molecule has 0 spiro atoms. The summed E-state index contributed by atoms with van der Waals surface area (Å²) in [5, 5.41) is 0.